The van der Waals surface area contributed by atoms with E-state index in [0.29, 0.717) is 28.0 Å². The molecule has 5 nitrogen and oxygen atoms in total. The third kappa shape index (κ3) is 4.14. The lowest BCUT2D eigenvalue weighted by atomic mass is 9.69. The molecule has 35 heavy (non-hydrogen) atoms. The Bertz CT molecular complexity index is 1480. The molecule has 0 aliphatic heterocycles. The molecule has 0 amide bonds. The van der Waals surface area contributed by atoms with Crippen molar-refractivity contribution in [2.45, 2.75) is 40.5 Å². The predicted molar refractivity (Wildman–Crippen MR) is 141 cm³/mol. The molecular formula is C29H28ClN3O2. The van der Waals surface area contributed by atoms with Crippen molar-refractivity contribution in [1.82, 2.24) is 14.8 Å². The summed E-state index contributed by atoms with van der Waals surface area (Å²) in [6.07, 6.45) is 3.52. The maximum absolute atomic E-state index is 12.5. The second-order valence-electron chi connectivity index (χ2n) is 10.3. The number of carbonyl (C=O) groups is 1. The number of pyridine rings is 1. The minimum atomic E-state index is -0.917. The number of para-hydroxylation sites is 2. The van der Waals surface area contributed by atoms with Crippen LogP contribution in [0.5, 0.6) is 0 Å². The number of fused-ring (bicyclic) bond motifs is 2. The SMILES string of the molecule is Cc1nn(-c2ccccc2)c(Cl)c1/C=C1/CC(C(C)(C)C)Cc2c1nc1ccccc1c2C(=O)O. The first kappa shape index (κ1) is 23.3. The van der Waals surface area contributed by atoms with E-state index in [-0.39, 0.29) is 11.3 Å². The lowest BCUT2D eigenvalue weighted by molar-refractivity contribution is 0.0696. The zero-order chi connectivity index (χ0) is 24.9. The van der Waals surface area contributed by atoms with Gasteiger partial charge in [0.1, 0.15) is 5.15 Å². The van der Waals surface area contributed by atoms with Gasteiger partial charge in [0.2, 0.25) is 0 Å². The van der Waals surface area contributed by atoms with E-state index in [2.05, 4.69) is 26.8 Å². The molecule has 6 heteroatoms. The van der Waals surface area contributed by atoms with Gasteiger partial charge in [0.15, 0.2) is 0 Å². The highest BCUT2D eigenvalue weighted by atomic mass is 35.5. The first-order chi connectivity index (χ1) is 16.6. The van der Waals surface area contributed by atoms with Gasteiger partial charge < -0.3 is 5.11 Å². The fourth-order valence-electron chi connectivity index (χ4n) is 4.97. The lowest BCUT2D eigenvalue weighted by Crippen LogP contribution is -2.28. The molecular weight excluding hydrogens is 458 g/mol. The van der Waals surface area contributed by atoms with Gasteiger partial charge in [0.05, 0.1) is 28.2 Å². The van der Waals surface area contributed by atoms with Gasteiger partial charge in [-0.3, -0.25) is 0 Å². The number of nitrogens with zero attached hydrogens (tertiary/aromatic N) is 3. The third-order valence-electron chi connectivity index (χ3n) is 7.02. The lowest BCUT2D eigenvalue weighted by Gasteiger charge is -2.36. The standard InChI is InChI=1S/C29H28ClN3O2/c1-17-22(27(30)33(32-17)20-10-6-5-7-11-20)15-18-14-19(29(2,3)4)16-23-25(28(34)35)21-12-8-9-13-24(21)31-26(18)23/h5-13,15,19H,14,16H2,1-4H3,(H,34,35)/b18-15-. The summed E-state index contributed by atoms with van der Waals surface area (Å²) >= 11 is 6.85. The van der Waals surface area contributed by atoms with Crippen LogP contribution >= 0.6 is 11.6 Å². The smallest absolute Gasteiger partial charge is 0.336 e. The van der Waals surface area contributed by atoms with Crippen LogP contribution in [0, 0.1) is 18.3 Å². The summed E-state index contributed by atoms with van der Waals surface area (Å²) < 4.78 is 1.74. The van der Waals surface area contributed by atoms with E-state index in [4.69, 9.17) is 21.7 Å². The molecule has 0 bridgehead atoms. The Morgan fingerprint density at radius 3 is 2.46 bits per heavy atom. The van der Waals surface area contributed by atoms with E-state index in [0.717, 1.165) is 40.2 Å². The molecule has 0 fully saturated rings. The predicted octanol–water partition coefficient (Wildman–Crippen LogP) is 7.23. The molecule has 2 aromatic heterocycles. The molecule has 0 saturated heterocycles. The number of halogens is 1. The Morgan fingerprint density at radius 1 is 1.09 bits per heavy atom. The molecule has 178 valence electrons. The number of aryl methyl sites for hydroxylation is 1. The van der Waals surface area contributed by atoms with Gasteiger partial charge in [0, 0.05) is 10.9 Å². The molecule has 5 rings (SSSR count). The van der Waals surface area contributed by atoms with Crippen LogP contribution in [0.1, 0.15) is 60.1 Å². The van der Waals surface area contributed by atoms with Crippen LogP contribution in [0.15, 0.2) is 54.6 Å². The summed E-state index contributed by atoms with van der Waals surface area (Å²) in [6.45, 7) is 8.57. The number of hydrogen-bond donors (Lipinski definition) is 1. The Labute approximate surface area is 210 Å². The highest BCUT2D eigenvalue weighted by Gasteiger charge is 2.35. The second-order valence-corrected chi connectivity index (χ2v) is 10.7. The molecule has 4 aromatic rings. The Kier molecular flexibility index (Phi) is 5.76. The maximum atomic E-state index is 12.5. The number of aromatic carboxylic acids is 1. The van der Waals surface area contributed by atoms with Crippen LogP contribution in [0.25, 0.3) is 28.2 Å². The van der Waals surface area contributed by atoms with E-state index >= 15 is 0 Å². The zero-order valence-electron chi connectivity index (χ0n) is 20.3. The van der Waals surface area contributed by atoms with Crippen molar-refractivity contribution in [2.24, 2.45) is 11.3 Å². The van der Waals surface area contributed by atoms with Gasteiger partial charge in [-0.2, -0.15) is 5.10 Å². The molecule has 2 aromatic carbocycles. The molecule has 1 atom stereocenters. The van der Waals surface area contributed by atoms with Gasteiger partial charge in [-0.15, -0.1) is 0 Å². The van der Waals surface area contributed by atoms with Gasteiger partial charge in [0.25, 0.3) is 0 Å². The monoisotopic (exact) mass is 485 g/mol. The summed E-state index contributed by atoms with van der Waals surface area (Å²) in [5, 5.41) is 16.1. The third-order valence-corrected chi connectivity index (χ3v) is 7.38. The zero-order valence-corrected chi connectivity index (χ0v) is 21.1. The molecule has 0 spiro atoms. The van der Waals surface area contributed by atoms with Crippen LogP contribution in [-0.4, -0.2) is 25.8 Å². The van der Waals surface area contributed by atoms with Crippen LogP contribution in [0.4, 0.5) is 0 Å². The minimum absolute atomic E-state index is 0.00867. The number of hydrogen-bond acceptors (Lipinski definition) is 3. The topological polar surface area (TPSA) is 68.0 Å². The summed E-state index contributed by atoms with van der Waals surface area (Å²) in [4.78, 5) is 17.5. The summed E-state index contributed by atoms with van der Waals surface area (Å²) in [6, 6.07) is 17.3. The maximum Gasteiger partial charge on any atom is 0.336 e. The fraction of sp³-hybridized carbons (Fsp3) is 0.276. The van der Waals surface area contributed by atoms with Crippen LogP contribution in [-0.2, 0) is 6.42 Å². The van der Waals surface area contributed by atoms with Crippen LogP contribution in [0.2, 0.25) is 5.15 Å². The van der Waals surface area contributed by atoms with Gasteiger partial charge >= 0.3 is 5.97 Å². The van der Waals surface area contributed by atoms with Crippen molar-refractivity contribution in [3.63, 3.8) is 0 Å². The normalized spacial score (nSPS) is 17.1. The van der Waals surface area contributed by atoms with Crippen molar-refractivity contribution in [2.75, 3.05) is 0 Å². The summed E-state index contributed by atoms with van der Waals surface area (Å²) in [5.41, 5.74) is 6.12. The van der Waals surface area contributed by atoms with Gasteiger partial charge in [-0.1, -0.05) is 68.8 Å². The number of aromatic nitrogens is 3. The minimum Gasteiger partial charge on any atom is -0.478 e. The largest absolute Gasteiger partial charge is 0.478 e. The van der Waals surface area contributed by atoms with Crippen molar-refractivity contribution >= 4 is 40.1 Å². The number of benzene rings is 2. The first-order valence-corrected chi connectivity index (χ1v) is 12.2. The van der Waals surface area contributed by atoms with E-state index in [1.165, 1.54) is 0 Å². The van der Waals surface area contributed by atoms with Crippen LogP contribution < -0.4 is 0 Å². The van der Waals surface area contributed by atoms with E-state index in [1.807, 2.05) is 61.5 Å². The highest BCUT2D eigenvalue weighted by Crippen LogP contribution is 2.45. The Balaban J connectivity index is 1.75. The van der Waals surface area contributed by atoms with Crippen LogP contribution in [0.3, 0.4) is 0 Å². The van der Waals surface area contributed by atoms with Gasteiger partial charge in [-0.25, -0.2) is 14.5 Å². The van der Waals surface area contributed by atoms with E-state index in [9.17, 15) is 9.90 Å². The molecule has 1 aliphatic carbocycles. The quantitative estimate of drug-likeness (QED) is 0.332. The highest BCUT2D eigenvalue weighted by molar-refractivity contribution is 6.31. The van der Waals surface area contributed by atoms with E-state index < -0.39 is 5.97 Å². The average molecular weight is 486 g/mol. The Hall–Kier alpha value is -3.44. The fourth-order valence-corrected chi connectivity index (χ4v) is 5.30. The molecule has 1 unspecified atom stereocenters. The average Bonchev–Trinajstić information content (AvgIpc) is 3.10. The Morgan fingerprint density at radius 2 is 1.77 bits per heavy atom. The first-order valence-electron chi connectivity index (χ1n) is 11.8. The number of carboxylic acids is 1. The van der Waals surface area contributed by atoms with Crippen molar-refractivity contribution in [3.05, 3.63) is 87.8 Å². The molecule has 0 saturated carbocycles. The molecule has 0 radical (unpaired) electrons. The summed E-state index contributed by atoms with van der Waals surface area (Å²) in [5.74, 6) is -0.662. The van der Waals surface area contributed by atoms with Gasteiger partial charge in [-0.05, 0) is 66.5 Å². The summed E-state index contributed by atoms with van der Waals surface area (Å²) in [7, 11) is 0. The number of carboxylic acid groups (broad SMARTS) is 1. The number of allylic oxidation sites excluding steroid dienone is 1. The second kappa shape index (κ2) is 8.65. The van der Waals surface area contributed by atoms with E-state index in [1.54, 1.807) is 4.68 Å². The molecule has 2 heterocycles. The number of rotatable bonds is 3. The molecule has 1 aliphatic rings. The van der Waals surface area contributed by atoms with Crippen molar-refractivity contribution < 1.29 is 9.90 Å². The molecule has 1 N–H and O–H groups in total. The van der Waals surface area contributed by atoms with Crippen molar-refractivity contribution in [1.29, 1.82) is 0 Å². The van der Waals surface area contributed by atoms with Crippen molar-refractivity contribution in [3.8, 4) is 5.69 Å².